The van der Waals surface area contributed by atoms with Crippen LogP contribution in [0, 0.1) is 0 Å². The monoisotopic (exact) mass is 171 g/mol. The first-order valence-electron chi connectivity index (χ1n) is 4.02. The van der Waals surface area contributed by atoms with Crippen LogP contribution in [0.2, 0.25) is 0 Å². The largest absolute Gasteiger partial charge is 0.383 e. The van der Waals surface area contributed by atoms with Crippen molar-refractivity contribution < 1.29 is 9.53 Å². The van der Waals surface area contributed by atoms with E-state index in [1.54, 1.807) is 7.11 Å². The molecular formula is C9H17NO2. The Kier molecular flexibility index (Phi) is 6.61. The summed E-state index contributed by atoms with van der Waals surface area (Å²) in [6.45, 7) is 7.29. The van der Waals surface area contributed by atoms with Crippen LogP contribution in [-0.4, -0.2) is 32.6 Å². The molecule has 0 spiro atoms. The third-order valence-electron chi connectivity index (χ3n) is 1.30. The van der Waals surface area contributed by atoms with E-state index in [0.29, 0.717) is 19.6 Å². The summed E-state index contributed by atoms with van der Waals surface area (Å²) in [5.41, 5.74) is 0.911. The zero-order valence-corrected chi connectivity index (χ0v) is 7.85. The van der Waals surface area contributed by atoms with Gasteiger partial charge in [0.2, 0.25) is 0 Å². The normalized spacial score (nSPS) is 9.83. The Bertz CT molecular complexity index is 155. The van der Waals surface area contributed by atoms with Crippen LogP contribution < -0.4 is 5.32 Å². The zero-order valence-electron chi connectivity index (χ0n) is 7.85. The smallest absolute Gasteiger partial charge is 0.150 e. The Morgan fingerprint density at radius 2 is 2.25 bits per heavy atom. The molecule has 0 atom stereocenters. The van der Waals surface area contributed by atoms with Gasteiger partial charge in [0, 0.05) is 20.1 Å². The molecular weight excluding hydrogens is 154 g/mol. The van der Waals surface area contributed by atoms with Crippen LogP contribution in [0.15, 0.2) is 12.2 Å². The van der Waals surface area contributed by atoms with E-state index in [4.69, 9.17) is 4.74 Å². The minimum absolute atomic E-state index is 0.179. The third kappa shape index (κ3) is 7.44. The van der Waals surface area contributed by atoms with Crippen molar-refractivity contribution in [1.29, 1.82) is 0 Å². The molecule has 0 heterocycles. The second-order valence-electron chi connectivity index (χ2n) is 2.84. The summed E-state index contributed by atoms with van der Waals surface area (Å²) in [6.07, 6.45) is 0.472. The molecule has 0 amide bonds. The summed E-state index contributed by atoms with van der Waals surface area (Å²) in [4.78, 5) is 11.1. The van der Waals surface area contributed by atoms with Crippen molar-refractivity contribution in [1.82, 2.24) is 5.32 Å². The van der Waals surface area contributed by atoms with E-state index >= 15 is 0 Å². The molecule has 0 aliphatic heterocycles. The Hall–Kier alpha value is -0.670. The minimum atomic E-state index is 0.179. The highest BCUT2D eigenvalue weighted by Crippen LogP contribution is 1.94. The average molecular weight is 171 g/mol. The number of nitrogens with one attached hydrogen (secondary N) is 1. The van der Waals surface area contributed by atoms with Gasteiger partial charge in [-0.3, -0.25) is 4.79 Å². The van der Waals surface area contributed by atoms with Crippen LogP contribution in [0.25, 0.3) is 0 Å². The van der Waals surface area contributed by atoms with Crippen molar-refractivity contribution in [2.24, 2.45) is 0 Å². The average Bonchev–Trinajstić information content (AvgIpc) is 1.97. The molecule has 0 aliphatic rings. The topological polar surface area (TPSA) is 38.3 Å². The summed E-state index contributed by atoms with van der Waals surface area (Å²) < 4.78 is 4.81. The second kappa shape index (κ2) is 7.00. The van der Waals surface area contributed by atoms with Crippen molar-refractivity contribution in [3.63, 3.8) is 0 Å². The number of Topliss-reactive ketones (excluding diaryl/α,β-unsaturated/α-hetero) is 1. The summed E-state index contributed by atoms with van der Waals surface area (Å²) in [7, 11) is 1.64. The quantitative estimate of drug-likeness (QED) is 0.454. The lowest BCUT2D eigenvalue weighted by molar-refractivity contribution is -0.117. The van der Waals surface area contributed by atoms with Gasteiger partial charge in [0.05, 0.1) is 13.2 Å². The third-order valence-corrected chi connectivity index (χ3v) is 1.30. The van der Waals surface area contributed by atoms with E-state index in [1.807, 2.05) is 6.92 Å². The number of rotatable bonds is 7. The SMILES string of the molecule is C=C(C)CC(=O)CNCCOC. The molecule has 12 heavy (non-hydrogen) atoms. The summed E-state index contributed by atoms with van der Waals surface area (Å²) in [5.74, 6) is 0.179. The summed E-state index contributed by atoms with van der Waals surface area (Å²) in [5, 5.41) is 2.98. The van der Waals surface area contributed by atoms with Gasteiger partial charge in [0.25, 0.3) is 0 Å². The zero-order chi connectivity index (χ0) is 9.40. The van der Waals surface area contributed by atoms with Crippen LogP contribution in [0.4, 0.5) is 0 Å². The molecule has 70 valence electrons. The first-order valence-corrected chi connectivity index (χ1v) is 4.02. The maximum atomic E-state index is 11.1. The van der Waals surface area contributed by atoms with E-state index in [0.717, 1.165) is 12.1 Å². The van der Waals surface area contributed by atoms with Crippen LogP contribution >= 0.6 is 0 Å². The van der Waals surface area contributed by atoms with Gasteiger partial charge < -0.3 is 10.1 Å². The Morgan fingerprint density at radius 3 is 2.75 bits per heavy atom. The van der Waals surface area contributed by atoms with Gasteiger partial charge in [-0.25, -0.2) is 0 Å². The van der Waals surface area contributed by atoms with Crippen molar-refractivity contribution in [2.45, 2.75) is 13.3 Å². The van der Waals surface area contributed by atoms with Gasteiger partial charge in [0.1, 0.15) is 0 Å². The van der Waals surface area contributed by atoms with Gasteiger partial charge in [-0.15, -0.1) is 0 Å². The lowest BCUT2D eigenvalue weighted by Crippen LogP contribution is -2.26. The highest BCUT2D eigenvalue weighted by atomic mass is 16.5. The van der Waals surface area contributed by atoms with Crippen LogP contribution in [0.3, 0.4) is 0 Å². The van der Waals surface area contributed by atoms with Crippen LogP contribution in [0.1, 0.15) is 13.3 Å². The predicted octanol–water partition coefficient (Wildman–Crippen LogP) is 0.758. The van der Waals surface area contributed by atoms with E-state index in [-0.39, 0.29) is 5.78 Å². The lowest BCUT2D eigenvalue weighted by Gasteiger charge is -2.02. The first-order chi connectivity index (χ1) is 5.66. The van der Waals surface area contributed by atoms with Crippen LogP contribution in [-0.2, 0) is 9.53 Å². The Morgan fingerprint density at radius 1 is 1.58 bits per heavy atom. The number of ether oxygens (including phenoxy) is 1. The highest BCUT2D eigenvalue weighted by Gasteiger charge is 1.99. The fraction of sp³-hybridized carbons (Fsp3) is 0.667. The minimum Gasteiger partial charge on any atom is -0.383 e. The van der Waals surface area contributed by atoms with Crippen molar-refractivity contribution >= 4 is 5.78 Å². The highest BCUT2D eigenvalue weighted by molar-refractivity contribution is 5.82. The predicted molar refractivity (Wildman–Crippen MR) is 49.2 cm³/mol. The molecule has 0 saturated heterocycles. The number of carbonyl (C=O) groups is 1. The molecule has 3 nitrogen and oxygen atoms in total. The number of methoxy groups -OCH3 is 1. The summed E-state index contributed by atoms with van der Waals surface area (Å²) in [6, 6.07) is 0. The molecule has 3 heteroatoms. The number of hydrogen-bond donors (Lipinski definition) is 1. The van der Waals surface area contributed by atoms with E-state index < -0.39 is 0 Å². The van der Waals surface area contributed by atoms with E-state index in [9.17, 15) is 4.79 Å². The summed E-state index contributed by atoms with van der Waals surface area (Å²) >= 11 is 0. The van der Waals surface area contributed by atoms with Gasteiger partial charge in [-0.05, 0) is 6.92 Å². The standard InChI is InChI=1S/C9H17NO2/c1-8(2)6-9(11)7-10-4-5-12-3/h10H,1,4-7H2,2-3H3. The van der Waals surface area contributed by atoms with Gasteiger partial charge >= 0.3 is 0 Å². The molecule has 0 aromatic rings. The molecule has 0 aromatic heterocycles. The Labute approximate surface area is 73.8 Å². The number of hydrogen-bond acceptors (Lipinski definition) is 3. The van der Waals surface area contributed by atoms with Crippen molar-refractivity contribution in [2.75, 3.05) is 26.8 Å². The molecule has 1 N–H and O–H groups in total. The fourth-order valence-corrected chi connectivity index (χ4v) is 0.801. The maximum Gasteiger partial charge on any atom is 0.150 e. The van der Waals surface area contributed by atoms with Crippen molar-refractivity contribution in [3.8, 4) is 0 Å². The van der Waals surface area contributed by atoms with E-state index in [2.05, 4.69) is 11.9 Å². The number of allylic oxidation sites excluding steroid dienone is 1. The Balaban J connectivity index is 3.26. The van der Waals surface area contributed by atoms with Gasteiger partial charge in [-0.2, -0.15) is 0 Å². The number of carbonyl (C=O) groups excluding carboxylic acids is 1. The van der Waals surface area contributed by atoms with E-state index in [1.165, 1.54) is 0 Å². The second-order valence-corrected chi connectivity index (χ2v) is 2.84. The molecule has 0 aromatic carbocycles. The lowest BCUT2D eigenvalue weighted by atomic mass is 10.2. The van der Waals surface area contributed by atoms with Gasteiger partial charge in [-0.1, -0.05) is 12.2 Å². The first kappa shape index (κ1) is 11.3. The molecule has 0 saturated carbocycles. The molecule has 0 unspecified atom stereocenters. The number of ketones is 1. The molecule has 0 fully saturated rings. The molecule has 0 aliphatic carbocycles. The van der Waals surface area contributed by atoms with Gasteiger partial charge in [0.15, 0.2) is 5.78 Å². The fourth-order valence-electron chi connectivity index (χ4n) is 0.801. The molecule has 0 radical (unpaired) electrons. The maximum absolute atomic E-state index is 11.1. The molecule has 0 rings (SSSR count). The molecule has 0 bridgehead atoms. The van der Waals surface area contributed by atoms with Crippen LogP contribution in [0.5, 0.6) is 0 Å². The van der Waals surface area contributed by atoms with Crippen molar-refractivity contribution in [3.05, 3.63) is 12.2 Å².